The van der Waals surface area contributed by atoms with Crippen LogP contribution in [-0.2, 0) is 16.6 Å². The summed E-state index contributed by atoms with van der Waals surface area (Å²) in [5, 5.41) is 6.72. The van der Waals surface area contributed by atoms with E-state index in [1.807, 2.05) is 0 Å². The van der Waals surface area contributed by atoms with Crippen LogP contribution in [0.5, 0.6) is 0 Å². The van der Waals surface area contributed by atoms with E-state index in [1.54, 1.807) is 24.1 Å². The number of nitrogens with one attached hydrogen (secondary N) is 1. The highest BCUT2D eigenvalue weighted by atomic mass is 19.1. The Hall–Kier alpha value is -2.70. The molecular weight excluding hydrogens is 287 g/mol. The highest BCUT2D eigenvalue weighted by Gasteiger charge is 2.35. The molecule has 2 heterocycles. The van der Waals surface area contributed by atoms with Crippen molar-refractivity contribution in [3.8, 4) is 0 Å². The molecule has 0 radical (unpaired) electrons. The van der Waals surface area contributed by atoms with Gasteiger partial charge in [0.2, 0.25) is 11.8 Å². The number of aryl methyl sites for hydroxylation is 1. The molecule has 6 nitrogen and oxygen atoms in total. The summed E-state index contributed by atoms with van der Waals surface area (Å²) >= 11 is 0. The first-order chi connectivity index (χ1) is 10.5. The number of rotatable bonds is 3. The van der Waals surface area contributed by atoms with Crippen LogP contribution >= 0.6 is 0 Å². The molecule has 0 spiro atoms. The number of amides is 2. The van der Waals surface area contributed by atoms with Gasteiger partial charge in [0.05, 0.1) is 17.8 Å². The second-order valence-corrected chi connectivity index (χ2v) is 5.27. The number of halogens is 1. The van der Waals surface area contributed by atoms with Crippen molar-refractivity contribution in [2.45, 2.75) is 6.42 Å². The van der Waals surface area contributed by atoms with Crippen LogP contribution in [0.3, 0.4) is 0 Å². The highest BCUT2D eigenvalue weighted by molar-refractivity contribution is 6.03. The number of benzene rings is 1. The fraction of sp³-hybridized carbons (Fsp3) is 0.267. The van der Waals surface area contributed by atoms with Gasteiger partial charge in [-0.25, -0.2) is 4.39 Å². The number of anilines is 2. The Morgan fingerprint density at radius 1 is 1.36 bits per heavy atom. The second kappa shape index (κ2) is 5.59. The average molecular weight is 302 g/mol. The predicted octanol–water partition coefficient (Wildman–Crippen LogP) is 1.55. The molecular formula is C15H15FN4O2. The largest absolute Gasteiger partial charge is 0.323 e. The van der Waals surface area contributed by atoms with Gasteiger partial charge < -0.3 is 10.2 Å². The lowest BCUT2D eigenvalue weighted by atomic mass is 10.1. The van der Waals surface area contributed by atoms with Crippen molar-refractivity contribution in [2.75, 3.05) is 16.8 Å². The zero-order valence-corrected chi connectivity index (χ0v) is 12.0. The van der Waals surface area contributed by atoms with Gasteiger partial charge in [-0.05, 0) is 24.3 Å². The summed E-state index contributed by atoms with van der Waals surface area (Å²) in [6.07, 6.45) is 3.38. The molecule has 1 aromatic heterocycles. The molecule has 22 heavy (non-hydrogen) atoms. The SMILES string of the molecule is Cn1cc(NC(=O)C2CC(=O)N(c3ccc(F)cc3)C2)cn1. The maximum absolute atomic E-state index is 12.9. The third-order valence-corrected chi connectivity index (χ3v) is 3.61. The van der Waals surface area contributed by atoms with Crippen molar-refractivity contribution in [1.82, 2.24) is 9.78 Å². The molecule has 1 N–H and O–H groups in total. The van der Waals surface area contributed by atoms with Crippen LogP contribution in [0, 0.1) is 11.7 Å². The molecule has 1 unspecified atom stereocenters. The number of carbonyl (C=O) groups excluding carboxylic acids is 2. The van der Waals surface area contributed by atoms with E-state index in [0.29, 0.717) is 11.4 Å². The van der Waals surface area contributed by atoms with E-state index in [0.717, 1.165) is 0 Å². The molecule has 1 saturated heterocycles. The van der Waals surface area contributed by atoms with E-state index in [-0.39, 0.29) is 30.6 Å². The Kier molecular flexibility index (Phi) is 3.62. The lowest BCUT2D eigenvalue weighted by Crippen LogP contribution is -2.28. The molecule has 1 aromatic carbocycles. The van der Waals surface area contributed by atoms with E-state index >= 15 is 0 Å². The first-order valence-electron chi connectivity index (χ1n) is 6.88. The van der Waals surface area contributed by atoms with Crippen molar-refractivity contribution in [3.05, 3.63) is 42.5 Å². The van der Waals surface area contributed by atoms with Gasteiger partial charge in [0.15, 0.2) is 0 Å². The Balaban J connectivity index is 1.68. The number of hydrogen-bond acceptors (Lipinski definition) is 3. The number of hydrogen-bond donors (Lipinski definition) is 1. The van der Waals surface area contributed by atoms with Crippen molar-refractivity contribution in [3.63, 3.8) is 0 Å². The van der Waals surface area contributed by atoms with Crippen LogP contribution in [-0.4, -0.2) is 28.1 Å². The van der Waals surface area contributed by atoms with Gasteiger partial charge in [0, 0.05) is 31.9 Å². The van der Waals surface area contributed by atoms with Gasteiger partial charge in [0.25, 0.3) is 0 Å². The van der Waals surface area contributed by atoms with Crippen LogP contribution in [0.25, 0.3) is 0 Å². The molecule has 0 bridgehead atoms. The normalized spacial score (nSPS) is 17.8. The van der Waals surface area contributed by atoms with Crippen LogP contribution in [0.1, 0.15) is 6.42 Å². The molecule has 0 saturated carbocycles. The summed E-state index contributed by atoms with van der Waals surface area (Å²) in [5.74, 6) is -1.15. The zero-order valence-electron chi connectivity index (χ0n) is 12.0. The van der Waals surface area contributed by atoms with Crippen LogP contribution in [0.15, 0.2) is 36.7 Å². The first kappa shape index (κ1) is 14.2. The molecule has 0 aliphatic carbocycles. The van der Waals surface area contributed by atoms with E-state index in [9.17, 15) is 14.0 Å². The van der Waals surface area contributed by atoms with Crippen LogP contribution < -0.4 is 10.2 Å². The Morgan fingerprint density at radius 2 is 2.09 bits per heavy atom. The smallest absolute Gasteiger partial charge is 0.229 e. The minimum absolute atomic E-state index is 0.141. The topological polar surface area (TPSA) is 67.2 Å². The molecule has 1 aliphatic heterocycles. The molecule has 2 aromatic rings. The van der Waals surface area contributed by atoms with Gasteiger partial charge in [-0.15, -0.1) is 0 Å². The minimum Gasteiger partial charge on any atom is -0.323 e. The first-order valence-corrected chi connectivity index (χ1v) is 6.88. The maximum Gasteiger partial charge on any atom is 0.229 e. The zero-order chi connectivity index (χ0) is 15.7. The maximum atomic E-state index is 12.9. The summed E-state index contributed by atoms with van der Waals surface area (Å²) in [6, 6.07) is 5.67. The summed E-state index contributed by atoms with van der Waals surface area (Å²) in [6.45, 7) is 0.288. The summed E-state index contributed by atoms with van der Waals surface area (Å²) in [4.78, 5) is 25.8. The second-order valence-electron chi connectivity index (χ2n) is 5.27. The Bertz CT molecular complexity index is 711. The summed E-state index contributed by atoms with van der Waals surface area (Å²) in [7, 11) is 1.75. The number of carbonyl (C=O) groups is 2. The van der Waals surface area contributed by atoms with E-state index in [4.69, 9.17) is 0 Å². The van der Waals surface area contributed by atoms with E-state index < -0.39 is 5.92 Å². The van der Waals surface area contributed by atoms with Gasteiger partial charge in [-0.2, -0.15) is 5.10 Å². The Labute approximate surface area is 126 Å². The van der Waals surface area contributed by atoms with Crippen molar-refractivity contribution in [1.29, 1.82) is 0 Å². The quantitative estimate of drug-likeness (QED) is 0.935. The monoisotopic (exact) mass is 302 g/mol. The number of aromatic nitrogens is 2. The third kappa shape index (κ3) is 2.83. The molecule has 7 heteroatoms. The van der Waals surface area contributed by atoms with Crippen LogP contribution in [0.4, 0.5) is 15.8 Å². The number of nitrogens with zero attached hydrogens (tertiary/aromatic N) is 3. The third-order valence-electron chi connectivity index (χ3n) is 3.61. The Morgan fingerprint density at radius 3 is 2.73 bits per heavy atom. The van der Waals surface area contributed by atoms with Crippen molar-refractivity contribution < 1.29 is 14.0 Å². The van der Waals surface area contributed by atoms with Gasteiger partial charge in [0.1, 0.15) is 5.82 Å². The van der Waals surface area contributed by atoms with Crippen molar-refractivity contribution in [2.24, 2.45) is 13.0 Å². The minimum atomic E-state index is -0.433. The molecule has 2 amide bonds. The fourth-order valence-corrected chi connectivity index (χ4v) is 2.48. The average Bonchev–Trinajstić information content (AvgIpc) is 3.06. The predicted molar refractivity (Wildman–Crippen MR) is 78.7 cm³/mol. The lowest BCUT2D eigenvalue weighted by Gasteiger charge is -2.16. The molecule has 1 fully saturated rings. The highest BCUT2D eigenvalue weighted by Crippen LogP contribution is 2.26. The molecule has 1 aliphatic rings. The van der Waals surface area contributed by atoms with E-state index in [2.05, 4.69) is 10.4 Å². The molecule has 1 atom stereocenters. The van der Waals surface area contributed by atoms with Gasteiger partial charge in [-0.3, -0.25) is 14.3 Å². The molecule has 114 valence electrons. The standard InChI is InChI=1S/C15H15FN4O2/c1-19-9-12(7-17-19)18-15(22)10-6-14(21)20(8-10)13-4-2-11(16)3-5-13/h2-5,7,9-10H,6,8H2,1H3,(H,18,22). The lowest BCUT2D eigenvalue weighted by molar-refractivity contribution is -0.122. The summed E-state index contributed by atoms with van der Waals surface area (Å²) < 4.78 is 14.5. The van der Waals surface area contributed by atoms with Gasteiger partial charge in [-0.1, -0.05) is 0 Å². The van der Waals surface area contributed by atoms with Gasteiger partial charge >= 0.3 is 0 Å². The van der Waals surface area contributed by atoms with Crippen molar-refractivity contribution >= 4 is 23.2 Å². The van der Waals surface area contributed by atoms with E-state index in [1.165, 1.54) is 29.2 Å². The fourth-order valence-electron chi connectivity index (χ4n) is 2.48. The van der Waals surface area contributed by atoms with Crippen LogP contribution in [0.2, 0.25) is 0 Å². The molecule has 3 rings (SSSR count). The summed E-state index contributed by atoms with van der Waals surface area (Å²) in [5.41, 5.74) is 1.20.